The van der Waals surface area contributed by atoms with Gasteiger partial charge in [-0.05, 0) is 60.9 Å². The fourth-order valence-electron chi connectivity index (χ4n) is 4.85. The molecular weight excluding hydrogens is 555 g/mol. The van der Waals surface area contributed by atoms with E-state index in [1.807, 2.05) is 0 Å². The zero-order valence-corrected chi connectivity index (χ0v) is 24.5. The summed E-state index contributed by atoms with van der Waals surface area (Å²) in [5, 5.41) is 11.8. The Kier molecular flexibility index (Phi) is 9.17. The Hall–Kier alpha value is -4.24. The number of aromatic nitrogens is 1. The Morgan fingerprint density at radius 3 is 2.43 bits per heavy atom. The molecule has 1 aliphatic heterocycles. The number of hydrogen-bond acceptors (Lipinski definition) is 7. The van der Waals surface area contributed by atoms with Crippen LogP contribution in [0.5, 0.6) is 11.5 Å². The van der Waals surface area contributed by atoms with Crippen molar-refractivity contribution in [3.8, 4) is 11.5 Å². The van der Waals surface area contributed by atoms with Gasteiger partial charge in [-0.25, -0.2) is 9.37 Å². The van der Waals surface area contributed by atoms with Crippen LogP contribution in [0.2, 0.25) is 0 Å². The van der Waals surface area contributed by atoms with E-state index in [1.54, 1.807) is 48.5 Å². The fraction of sp³-hybridized carbons (Fsp3) is 0.303. The van der Waals surface area contributed by atoms with Crippen LogP contribution in [0.4, 0.5) is 9.52 Å². The molecule has 1 aromatic heterocycles. The van der Waals surface area contributed by atoms with Crippen LogP contribution in [0, 0.1) is 5.82 Å². The number of amides is 1. The molecule has 1 saturated heterocycles. The highest BCUT2D eigenvalue weighted by Gasteiger charge is 2.48. The summed E-state index contributed by atoms with van der Waals surface area (Å²) in [6.07, 6.45) is 4.96. The number of ketones is 1. The molecule has 1 fully saturated rings. The van der Waals surface area contributed by atoms with E-state index in [-0.39, 0.29) is 16.5 Å². The van der Waals surface area contributed by atoms with Crippen molar-refractivity contribution >= 4 is 44.1 Å². The Bertz CT molecular complexity index is 1610. The molecule has 0 spiro atoms. The number of aliphatic hydroxyl groups excluding tert-OH is 1. The van der Waals surface area contributed by atoms with Gasteiger partial charge in [-0.3, -0.25) is 14.5 Å². The average Bonchev–Trinajstić information content (AvgIpc) is 3.53. The van der Waals surface area contributed by atoms with Gasteiger partial charge in [-0.1, -0.05) is 68.7 Å². The van der Waals surface area contributed by atoms with Crippen LogP contribution < -0.4 is 14.4 Å². The minimum atomic E-state index is -0.964. The molecule has 1 aliphatic rings. The third-order valence-corrected chi connectivity index (χ3v) is 8.09. The Morgan fingerprint density at radius 2 is 1.67 bits per heavy atom. The molecular formula is C33H33FN2O5S. The van der Waals surface area contributed by atoms with Gasteiger partial charge in [0.1, 0.15) is 23.1 Å². The van der Waals surface area contributed by atoms with Crippen LogP contribution in [0.3, 0.4) is 0 Å². The molecule has 3 aromatic carbocycles. The zero-order chi connectivity index (χ0) is 29.6. The Balaban J connectivity index is 1.57. The van der Waals surface area contributed by atoms with Crippen LogP contribution in [0.25, 0.3) is 16.0 Å². The quantitative estimate of drug-likeness (QED) is 0.0786. The highest BCUT2D eigenvalue weighted by atomic mass is 32.1. The van der Waals surface area contributed by atoms with E-state index in [0.29, 0.717) is 46.1 Å². The SMILES string of the molecule is CCCCCOc1ccc(C2C(=C(O)c3cccc(OCCCC)c3)C(=O)C(=O)N2c2nc3ccc(F)cc3s2)cc1. The first kappa shape index (κ1) is 29.3. The molecule has 1 N–H and O–H groups in total. The van der Waals surface area contributed by atoms with Crippen LogP contribution in [0.1, 0.15) is 63.1 Å². The molecule has 2 heterocycles. The fourth-order valence-corrected chi connectivity index (χ4v) is 5.86. The van der Waals surface area contributed by atoms with Crippen molar-refractivity contribution in [2.75, 3.05) is 18.1 Å². The van der Waals surface area contributed by atoms with Crippen molar-refractivity contribution < 1.29 is 28.6 Å². The topological polar surface area (TPSA) is 89.0 Å². The molecule has 0 aliphatic carbocycles. The van der Waals surface area contributed by atoms with Gasteiger partial charge in [0.15, 0.2) is 5.13 Å². The Labute approximate surface area is 248 Å². The number of benzene rings is 3. The highest BCUT2D eigenvalue weighted by Crippen LogP contribution is 2.44. The number of fused-ring (bicyclic) bond motifs is 1. The second-order valence-electron chi connectivity index (χ2n) is 10.1. The van der Waals surface area contributed by atoms with Crippen molar-refractivity contribution in [1.82, 2.24) is 4.98 Å². The molecule has 42 heavy (non-hydrogen) atoms. The molecule has 9 heteroatoms. The van der Waals surface area contributed by atoms with Crippen LogP contribution in [0.15, 0.2) is 72.3 Å². The predicted molar refractivity (Wildman–Crippen MR) is 163 cm³/mol. The monoisotopic (exact) mass is 588 g/mol. The van der Waals surface area contributed by atoms with Gasteiger partial charge in [0.2, 0.25) is 0 Å². The van der Waals surface area contributed by atoms with Crippen molar-refractivity contribution in [2.45, 2.75) is 52.0 Å². The normalized spacial score (nSPS) is 16.4. The van der Waals surface area contributed by atoms with Gasteiger partial charge in [0, 0.05) is 5.56 Å². The number of Topliss-reactive ketones (excluding diaryl/α,β-unsaturated/α-hetero) is 1. The summed E-state index contributed by atoms with van der Waals surface area (Å²) >= 11 is 1.11. The van der Waals surface area contributed by atoms with E-state index in [9.17, 15) is 19.1 Å². The molecule has 218 valence electrons. The first-order valence-electron chi connectivity index (χ1n) is 14.2. The molecule has 7 nitrogen and oxygen atoms in total. The maximum atomic E-state index is 13.9. The number of rotatable bonds is 12. The summed E-state index contributed by atoms with van der Waals surface area (Å²) in [6.45, 7) is 5.31. The van der Waals surface area contributed by atoms with E-state index in [1.165, 1.54) is 23.1 Å². The number of thiazole rings is 1. The molecule has 1 atom stereocenters. The number of ether oxygens (including phenoxy) is 2. The number of carbonyl (C=O) groups is 2. The van der Waals surface area contributed by atoms with Crippen LogP contribution in [-0.4, -0.2) is 35.0 Å². The van der Waals surface area contributed by atoms with Crippen LogP contribution in [-0.2, 0) is 9.59 Å². The third kappa shape index (κ3) is 6.16. The van der Waals surface area contributed by atoms with Gasteiger partial charge in [-0.2, -0.15) is 0 Å². The minimum absolute atomic E-state index is 0.0623. The van der Waals surface area contributed by atoms with Crippen molar-refractivity contribution in [3.63, 3.8) is 0 Å². The first-order valence-corrected chi connectivity index (χ1v) is 15.1. The van der Waals surface area contributed by atoms with Crippen molar-refractivity contribution in [3.05, 3.63) is 89.2 Å². The smallest absolute Gasteiger partial charge is 0.301 e. The molecule has 0 radical (unpaired) electrons. The maximum Gasteiger partial charge on any atom is 0.301 e. The van der Waals surface area contributed by atoms with Gasteiger partial charge in [0.25, 0.3) is 5.78 Å². The van der Waals surface area contributed by atoms with E-state index >= 15 is 0 Å². The lowest BCUT2D eigenvalue weighted by Crippen LogP contribution is -2.29. The second kappa shape index (κ2) is 13.2. The van der Waals surface area contributed by atoms with E-state index < -0.39 is 23.5 Å². The molecule has 4 aromatic rings. The number of hydrogen-bond donors (Lipinski definition) is 1. The van der Waals surface area contributed by atoms with E-state index in [4.69, 9.17) is 9.47 Å². The lowest BCUT2D eigenvalue weighted by Gasteiger charge is -2.23. The third-order valence-electron chi connectivity index (χ3n) is 7.08. The van der Waals surface area contributed by atoms with Gasteiger partial charge in [-0.15, -0.1) is 0 Å². The summed E-state index contributed by atoms with van der Waals surface area (Å²) in [4.78, 5) is 33.0. The van der Waals surface area contributed by atoms with E-state index in [2.05, 4.69) is 18.8 Å². The summed E-state index contributed by atoms with van der Waals surface area (Å²) in [5.41, 5.74) is 1.39. The zero-order valence-electron chi connectivity index (χ0n) is 23.6. The second-order valence-corrected chi connectivity index (χ2v) is 11.1. The van der Waals surface area contributed by atoms with Gasteiger partial charge < -0.3 is 14.6 Å². The number of halogens is 1. The lowest BCUT2D eigenvalue weighted by molar-refractivity contribution is -0.132. The number of nitrogens with zero attached hydrogens (tertiary/aromatic N) is 2. The number of carbonyl (C=O) groups excluding carboxylic acids is 2. The van der Waals surface area contributed by atoms with Crippen molar-refractivity contribution in [1.29, 1.82) is 0 Å². The Morgan fingerprint density at radius 1 is 0.929 bits per heavy atom. The van der Waals surface area contributed by atoms with Gasteiger partial charge >= 0.3 is 5.91 Å². The molecule has 1 unspecified atom stereocenters. The number of anilines is 1. The summed E-state index contributed by atoms with van der Waals surface area (Å²) in [7, 11) is 0. The van der Waals surface area contributed by atoms with Crippen molar-refractivity contribution in [2.24, 2.45) is 0 Å². The standard InChI is InChI=1S/C33H33FN2O5S/c1-3-5-7-18-40-24-14-11-21(12-15-24)29-28(30(37)22-9-8-10-25(19-22)41-17-6-4-2)31(38)32(39)36(29)33-35-26-16-13-23(34)20-27(26)42-33/h8-16,19-20,29,37H,3-7,17-18H2,1-2H3. The average molecular weight is 589 g/mol. The summed E-state index contributed by atoms with van der Waals surface area (Å²) in [5.74, 6) is -1.17. The summed E-state index contributed by atoms with van der Waals surface area (Å²) < 4.78 is 26.1. The molecule has 0 saturated carbocycles. The maximum absolute atomic E-state index is 13.9. The summed E-state index contributed by atoms with van der Waals surface area (Å²) in [6, 6.07) is 17.2. The van der Waals surface area contributed by atoms with Crippen LogP contribution >= 0.6 is 11.3 Å². The molecule has 1 amide bonds. The molecule has 0 bridgehead atoms. The minimum Gasteiger partial charge on any atom is -0.507 e. The number of unbranched alkanes of at least 4 members (excludes halogenated alkanes) is 3. The predicted octanol–water partition coefficient (Wildman–Crippen LogP) is 7.81. The number of aliphatic hydroxyl groups is 1. The molecule has 5 rings (SSSR count). The first-order chi connectivity index (χ1) is 20.4. The highest BCUT2D eigenvalue weighted by molar-refractivity contribution is 7.22. The van der Waals surface area contributed by atoms with E-state index in [0.717, 1.165) is 43.4 Å². The lowest BCUT2D eigenvalue weighted by atomic mass is 9.95. The van der Waals surface area contributed by atoms with Gasteiger partial charge in [0.05, 0.1) is 35.0 Å². The largest absolute Gasteiger partial charge is 0.507 e.